The summed E-state index contributed by atoms with van der Waals surface area (Å²) in [5, 5.41) is 0. The lowest BCUT2D eigenvalue weighted by atomic mass is 10.1. The van der Waals surface area contributed by atoms with Crippen LogP contribution in [0, 0.1) is 0 Å². The molecule has 136 valence electrons. The molecule has 3 aromatic rings. The van der Waals surface area contributed by atoms with E-state index in [1.807, 2.05) is 60.7 Å². The quantitative estimate of drug-likeness (QED) is 0.564. The van der Waals surface area contributed by atoms with Gasteiger partial charge in [0.25, 0.3) is 0 Å². The Kier molecular flexibility index (Phi) is 6.00. The lowest BCUT2D eigenvalue weighted by Crippen LogP contribution is -2.34. The number of hydrogen-bond donors (Lipinski definition) is 0. The third kappa shape index (κ3) is 4.82. The van der Waals surface area contributed by atoms with Gasteiger partial charge in [0.15, 0.2) is 11.6 Å². The molecule has 0 aliphatic carbocycles. The molecule has 0 atom stereocenters. The number of ketones is 2. The van der Waals surface area contributed by atoms with Gasteiger partial charge in [-0.1, -0.05) is 60.7 Å². The van der Waals surface area contributed by atoms with Gasteiger partial charge in [0.05, 0.1) is 20.2 Å². The summed E-state index contributed by atoms with van der Waals surface area (Å²) in [5.74, 6) is 0.655. The van der Waals surface area contributed by atoms with Crippen molar-refractivity contribution in [2.24, 2.45) is 0 Å². The zero-order valence-corrected chi connectivity index (χ0v) is 15.2. The summed E-state index contributed by atoms with van der Waals surface area (Å²) in [5.41, 5.74) is 2.05. The molecule has 0 saturated heterocycles. The van der Waals surface area contributed by atoms with Gasteiger partial charge in [0, 0.05) is 16.8 Å². The molecule has 27 heavy (non-hydrogen) atoms. The number of hydrogen-bond acceptors (Lipinski definition) is 4. The number of nitrogens with zero attached hydrogens (tertiary/aromatic N) is 1. The van der Waals surface area contributed by atoms with Gasteiger partial charge in [-0.2, -0.15) is 0 Å². The van der Waals surface area contributed by atoms with Gasteiger partial charge in [0.1, 0.15) is 5.75 Å². The van der Waals surface area contributed by atoms with Crippen molar-refractivity contribution in [3.05, 3.63) is 96.1 Å². The minimum atomic E-state index is -0.0349. The predicted molar refractivity (Wildman–Crippen MR) is 107 cm³/mol. The third-order valence-corrected chi connectivity index (χ3v) is 4.30. The minimum absolute atomic E-state index is 0.0349. The molecule has 4 nitrogen and oxygen atoms in total. The van der Waals surface area contributed by atoms with Crippen LogP contribution in [0.25, 0.3) is 0 Å². The van der Waals surface area contributed by atoms with Crippen LogP contribution in [0.1, 0.15) is 20.7 Å². The number of Topliss-reactive ketones (excluding diaryl/α,β-unsaturated/α-hetero) is 2. The summed E-state index contributed by atoms with van der Waals surface area (Å²) in [6.45, 7) is 0.240. The van der Waals surface area contributed by atoms with Crippen molar-refractivity contribution in [3.8, 4) is 5.75 Å². The molecule has 0 unspecified atom stereocenters. The Balaban J connectivity index is 1.83. The molecule has 0 bridgehead atoms. The molecule has 0 spiro atoms. The van der Waals surface area contributed by atoms with E-state index in [4.69, 9.17) is 4.74 Å². The highest BCUT2D eigenvalue weighted by atomic mass is 16.5. The second-order valence-corrected chi connectivity index (χ2v) is 6.13. The van der Waals surface area contributed by atoms with Gasteiger partial charge in [-0.3, -0.25) is 9.59 Å². The zero-order valence-electron chi connectivity index (χ0n) is 15.2. The Bertz CT molecular complexity index is 836. The minimum Gasteiger partial charge on any atom is -0.497 e. The fourth-order valence-electron chi connectivity index (χ4n) is 2.81. The first kappa shape index (κ1) is 18.4. The van der Waals surface area contributed by atoms with Crippen LogP contribution in [0.5, 0.6) is 5.75 Å². The van der Waals surface area contributed by atoms with E-state index in [0.29, 0.717) is 11.1 Å². The van der Waals surface area contributed by atoms with Gasteiger partial charge < -0.3 is 9.64 Å². The van der Waals surface area contributed by atoms with Crippen LogP contribution in [0.4, 0.5) is 5.69 Å². The lowest BCUT2D eigenvalue weighted by molar-refractivity contribution is 0.0984. The van der Waals surface area contributed by atoms with E-state index in [0.717, 1.165) is 11.4 Å². The fourth-order valence-corrected chi connectivity index (χ4v) is 2.81. The Labute approximate surface area is 159 Å². The molecule has 0 aromatic heterocycles. The van der Waals surface area contributed by atoms with Crippen molar-refractivity contribution < 1.29 is 14.3 Å². The van der Waals surface area contributed by atoms with Crippen LogP contribution < -0.4 is 9.64 Å². The molecule has 0 amide bonds. The molecule has 4 heteroatoms. The zero-order chi connectivity index (χ0) is 19.1. The molecule has 0 aliphatic heterocycles. The van der Waals surface area contributed by atoms with E-state index in [-0.39, 0.29) is 24.7 Å². The topological polar surface area (TPSA) is 46.6 Å². The van der Waals surface area contributed by atoms with Gasteiger partial charge in [-0.05, 0) is 24.3 Å². The first-order valence-corrected chi connectivity index (χ1v) is 8.73. The standard InChI is InChI=1S/C23H21NO3/c1-27-21-14-12-20(13-15-21)24(16-22(25)18-8-4-2-5-9-18)17-23(26)19-10-6-3-7-11-19/h2-15H,16-17H2,1H3. The SMILES string of the molecule is COc1ccc(N(CC(=O)c2ccccc2)CC(=O)c2ccccc2)cc1. The van der Waals surface area contributed by atoms with Gasteiger partial charge in [0.2, 0.25) is 0 Å². The number of ether oxygens (including phenoxy) is 1. The van der Waals surface area contributed by atoms with Crippen LogP contribution in [0.3, 0.4) is 0 Å². The molecule has 0 heterocycles. The monoisotopic (exact) mass is 359 g/mol. The van der Waals surface area contributed by atoms with Gasteiger partial charge >= 0.3 is 0 Å². The molecule has 0 N–H and O–H groups in total. The van der Waals surface area contributed by atoms with Gasteiger partial charge in [-0.25, -0.2) is 0 Å². The van der Waals surface area contributed by atoms with Crippen molar-refractivity contribution in [2.75, 3.05) is 25.1 Å². The van der Waals surface area contributed by atoms with Crippen LogP contribution in [0.15, 0.2) is 84.9 Å². The first-order valence-electron chi connectivity index (χ1n) is 8.73. The summed E-state index contributed by atoms with van der Waals surface area (Å²) in [6, 6.07) is 25.6. The van der Waals surface area contributed by atoms with E-state index < -0.39 is 0 Å². The first-order chi connectivity index (χ1) is 13.2. The third-order valence-electron chi connectivity index (χ3n) is 4.30. The van der Waals surface area contributed by atoms with Crippen molar-refractivity contribution in [2.45, 2.75) is 0 Å². The van der Waals surface area contributed by atoms with Crippen LogP contribution >= 0.6 is 0 Å². The highest BCUT2D eigenvalue weighted by Gasteiger charge is 2.17. The summed E-state index contributed by atoms with van der Waals surface area (Å²) >= 11 is 0. The van der Waals surface area contributed by atoms with Crippen LogP contribution in [-0.2, 0) is 0 Å². The molecular formula is C23H21NO3. The highest BCUT2D eigenvalue weighted by molar-refractivity contribution is 6.02. The summed E-state index contributed by atoms with van der Waals surface area (Å²) < 4.78 is 5.20. The van der Waals surface area contributed by atoms with E-state index in [1.165, 1.54) is 0 Å². The molecule has 0 saturated carbocycles. The largest absolute Gasteiger partial charge is 0.497 e. The van der Waals surface area contributed by atoms with Crippen LogP contribution in [-0.4, -0.2) is 31.8 Å². The highest BCUT2D eigenvalue weighted by Crippen LogP contribution is 2.20. The van der Waals surface area contributed by atoms with E-state index in [1.54, 1.807) is 36.3 Å². The van der Waals surface area contributed by atoms with Crippen LogP contribution in [0.2, 0.25) is 0 Å². The van der Waals surface area contributed by atoms with Gasteiger partial charge in [-0.15, -0.1) is 0 Å². The van der Waals surface area contributed by atoms with Crippen molar-refractivity contribution in [1.29, 1.82) is 0 Å². The molecular weight excluding hydrogens is 338 g/mol. The average molecular weight is 359 g/mol. The molecule has 3 rings (SSSR count). The second-order valence-electron chi connectivity index (χ2n) is 6.13. The van der Waals surface area contributed by atoms with E-state index in [9.17, 15) is 9.59 Å². The number of carbonyl (C=O) groups excluding carboxylic acids is 2. The molecule has 0 fully saturated rings. The number of anilines is 1. The number of benzene rings is 3. The summed E-state index contributed by atoms with van der Waals surface area (Å²) in [6.07, 6.45) is 0. The smallest absolute Gasteiger partial charge is 0.182 e. The van der Waals surface area contributed by atoms with Crippen molar-refractivity contribution in [1.82, 2.24) is 0 Å². The van der Waals surface area contributed by atoms with Crippen molar-refractivity contribution >= 4 is 17.3 Å². The number of methoxy groups -OCH3 is 1. The second kappa shape index (κ2) is 8.81. The number of rotatable bonds is 8. The summed E-state index contributed by atoms with van der Waals surface area (Å²) in [4.78, 5) is 27.2. The Morgan fingerprint density at radius 2 is 1.15 bits per heavy atom. The Morgan fingerprint density at radius 1 is 0.704 bits per heavy atom. The molecule has 0 radical (unpaired) electrons. The van der Waals surface area contributed by atoms with E-state index in [2.05, 4.69) is 0 Å². The fraction of sp³-hybridized carbons (Fsp3) is 0.130. The number of carbonyl (C=O) groups is 2. The maximum Gasteiger partial charge on any atom is 0.182 e. The lowest BCUT2D eigenvalue weighted by Gasteiger charge is -2.24. The summed E-state index contributed by atoms with van der Waals surface area (Å²) in [7, 11) is 1.60. The maximum atomic E-state index is 12.7. The normalized spacial score (nSPS) is 10.3. The maximum absolute atomic E-state index is 12.7. The Morgan fingerprint density at radius 3 is 1.56 bits per heavy atom. The molecule has 3 aromatic carbocycles. The Hall–Kier alpha value is -3.40. The van der Waals surface area contributed by atoms with E-state index >= 15 is 0 Å². The molecule has 0 aliphatic rings. The predicted octanol–water partition coefficient (Wildman–Crippen LogP) is 4.27. The van der Waals surface area contributed by atoms with Crippen molar-refractivity contribution in [3.63, 3.8) is 0 Å². The average Bonchev–Trinajstić information content (AvgIpc) is 2.74.